The first-order valence-corrected chi connectivity index (χ1v) is 8.72. The summed E-state index contributed by atoms with van der Waals surface area (Å²) in [6, 6.07) is 11.0. The van der Waals surface area contributed by atoms with Crippen LogP contribution in [0.2, 0.25) is 0 Å². The lowest BCUT2D eigenvalue weighted by Gasteiger charge is -2.26. The molecule has 0 aromatic heterocycles. The molecule has 1 aliphatic rings. The number of sulfonamides is 1. The third-order valence-electron chi connectivity index (χ3n) is 3.52. The first kappa shape index (κ1) is 16.6. The smallest absolute Gasteiger partial charge is 0.229 e. The third-order valence-corrected chi connectivity index (χ3v) is 4.13. The molecule has 118 valence electrons. The van der Waals surface area contributed by atoms with Crippen LogP contribution in [-0.2, 0) is 10.0 Å². The molecule has 0 saturated heterocycles. The minimum atomic E-state index is -3.40. The molecular weight excluding hydrogens is 312 g/mol. The van der Waals surface area contributed by atoms with Crippen molar-refractivity contribution >= 4 is 15.7 Å². The second-order valence-electron chi connectivity index (χ2n) is 5.36. The van der Waals surface area contributed by atoms with E-state index in [0.717, 1.165) is 6.26 Å². The molecule has 23 heavy (non-hydrogen) atoms. The van der Waals surface area contributed by atoms with Gasteiger partial charge in [-0.15, -0.1) is 0 Å². The Balaban J connectivity index is 2.58. The van der Waals surface area contributed by atoms with Crippen molar-refractivity contribution in [2.75, 3.05) is 11.0 Å². The summed E-state index contributed by atoms with van der Waals surface area (Å²) in [7, 11) is -3.40. The summed E-state index contributed by atoms with van der Waals surface area (Å²) in [6.07, 6.45) is 1.07. The minimum Gasteiger partial charge on any atom is -0.361 e. The summed E-state index contributed by atoms with van der Waals surface area (Å²) < 4.78 is 25.2. The molecule has 0 fully saturated rings. The molecule has 0 atom stereocenters. The molecule has 1 aromatic rings. The molecule has 0 radical (unpaired) electrons. The molecule has 2 N–H and O–H groups in total. The number of nitrogens with one attached hydrogen (secondary N) is 2. The molecule has 2 rings (SSSR count). The summed E-state index contributed by atoms with van der Waals surface area (Å²) in [6.45, 7) is 3.56. The van der Waals surface area contributed by atoms with Gasteiger partial charge in [-0.1, -0.05) is 12.1 Å². The van der Waals surface area contributed by atoms with Gasteiger partial charge >= 0.3 is 0 Å². The minimum absolute atomic E-state index is 0.397. The maximum atomic E-state index is 11.4. The fourth-order valence-corrected chi connectivity index (χ4v) is 3.17. The number of benzene rings is 1. The van der Waals surface area contributed by atoms with Crippen LogP contribution in [0.1, 0.15) is 25.3 Å². The molecule has 7 heteroatoms. The Morgan fingerprint density at radius 2 is 1.70 bits per heavy atom. The van der Waals surface area contributed by atoms with E-state index in [9.17, 15) is 18.9 Å². The van der Waals surface area contributed by atoms with Crippen molar-refractivity contribution in [3.63, 3.8) is 0 Å². The summed E-state index contributed by atoms with van der Waals surface area (Å²) in [4.78, 5) is 0. The van der Waals surface area contributed by atoms with Gasteiger partial charge in [0.2, 0.25) is 10.0 Å². The monoisotopic (exact) mass is 328 g/mol. The summed E-state index contributed by atoms with van der Waals surface area (Å²) in [5.74, 6) is -0.507. The maximum Gasteiger partial charge on any atom is 0.229 e. The predicted octanol–water partition coefficient (Wildman–Crippen LogP) is 2.34. The molecule has 0 aliphatic carbocycles. The van der Waals surface area contributed by atoms with Gasteiger partial charge in [-0.2, -0.15) is 10.5 Å². The number of dihydropyridines is 1. The van der Waals surface area contributed by atoms with Crippen molar-refractivity contribution in [2.45, 2.75) is 19.8 Å². The molecule has 1 heterocycles. The predicted molar refractivity (Wildman–Crippen MR) is 87.4 cm³/mol. The number of rotatable bonds is 3. The molecule has 0 spiro atoms. The Kier molecular flexibility index (Phi) is 4.44. The number of nitriles is 2. The second-order valence-corrected chi connectivity index (χ2v) is 7.11. The van der Waals surface area contributed by atoms with E-state index < -0.39 is 15.9 Å². The van der Waals surface area contributed by atoms with Crippen LogP contribution in [0.25, 0.3) is 0 Å². The molecule has 1 aliphatic heterocycles. The van der Waals surface area contributed by atoms with Gasteiger partial charge in [-0.05, 0) is 31.5 Å². The van der Waals surface area contributed by atoms with E-state index in [2.05, 4.69) is 22.2 Å². The lowest BCUT2D eigenvalue weighted by atomic mass is 9.81. The van der Waals surface area contributed by atoms with Crippen LogP contribution in [0.4, 0.5) is 5.69 Å². The van der Waals surface area contributed by atoms with Gasteiger partial charge in [0.1, 0.15) is 0 Å². The van der Waals surface area contributed by atoms with Crippen LogP contribution < -0.4 is 10.0 Å². The molecule has 0 saturated carbocycles. The lowest BCUT2D eigenvalue weighted by molar-refractivity contribution is 0.607. The number of allylic oxidation sites excluding steroid dienone is 4. The van der Waals surface area contributed by atoms with Crippen LogP contribution in [0.15, 0.2) is 46.8 Å². The highest BCUT2D eigenvalue weighted by molar-refractivity contribution is 7.92. The van der Waals surface area contributed by atoms with Gasteiger partial charge in [-0.25, -0.2) is 8.42 Å². The highest BCUT2D eigenvalue weighted by atomic mass is 32.2. The number of nitrogens with zero attached hydrogens (tertiary/aromatic N) is 2. The average Bonchev–Trinajstić information content (AvgIpc) is 2.45. The Labute approximate surface area is 135 Å². The third kappa shape index (κ3) is 3.53. The van der Waals surface area contributed by atoms with Crippen molar-refractivity contribution in [3.05, 3.63) is 52.4 Å². The van der Waals surface area contributed by atoms with Gasteiger partial charge in [0, 0.05) is 17.1 Å². The van der Waals surface area contributed by atoms with E-state index in [0.29, 0.717) is 33.8 Å². The van der Waals surface area contributed by atoms with Crippen LogP contribution in [0, 0.1) is 22.7 Å². The summed E-state index contributed by atoms with van der Waals surface area (Å²) >= 11 is 0. The number of anilines is 1. The molecule has 0 bridgehead atoms. The first-order chi connectivity index (χ1) is 10.8. The Morgan fingerprint density at radius 1 is 1.13 bits per heavy atom. The highest BCUT2D eigenvalue weighted by Crippen LogP contribution is 2.37. The standard InChI is InChI=1S/C16H16N4O2S/c1-10-14(8-17)16(15(9-18)11(2)19-10)12-5-4-6-13(7-12)20-23(3,21)22/h4-7,16,19-20H,1-3H3. The van der Waals surface area contributed by atoms with Crippen LogP contribution in [0.3, 0.4) is 0 Å². The molecule has 1 aromatic carbocycles. The van der Waals surface area contributed by atoms with E-state index in [1.807, 2.05) is 0 Å². The number of hydrogen-bond donors (Lipinski definition) is 2. The SMILES string of the molecule is CC1=C(C#N)C(c2cccc(NS(C)(=O)=O)c2)C(C#N)=C(C)N1. The van der Waals surface area contributed by atoms with E-state index in [1.165, 1.54) is 0 Å². The fourth-order valence-electron chi connectivity index (χ4n) is 2.62. The Hall–Kier alpha value is -2.77. The van der Waals surface area contributed by atoms with Gasteiger partial charge in [0.15, 0.2) is 0 Å². The maximum absolute atomic E-state index is 11.4. The highest BCUT2D eigenvalue weighted by Gasteiger charge is 2.29. The summed E-state index contributed by atoms with van der Waals surface area (Å²) in [5, 5.41) is 22.0. The molecule has 0 amide bonds. The quantitative estimate of drug-likeness (QED) is 0.886. The second kappa shape index (κ2) is 6.15. The zero-order valence-electron chi connectivity index (χ0n) is 13.0. The molecule has 0 unspecified atom stereocenters. The fraction of sp³-hybridized carbons (Fsp3) is 0.250. The van der Waals surface area contributed by atoms with Gasteiger partial charge in [0.25, 0.3) is 0 Å². The van der Waals surface area contributed by atoms with Crippen molar-refractivity contribution in [1.29, 1.82) is 10.5 Å². The average molecular weight is 328 g/mol. The Morgan fingerprint density at radius 3 is 2.17 bits per heavy atom. The zero-order chi connectivity index (χ0) is 17.2. The van der Waals surface area contributed by atoms with Crippen molar-refractivity contribution < 1.29 is 8.42 Å². The van der Waals surface area contributed by atoms with Crippen LogP contribution >= 0.6 is 0 Å². The Bertz CT molecular complexity index is 863. The van der Waals surface area contributed by atoms with Gasteiger partial charge in [-0.3, -0.25) is 4.72 Å². The van der Waals surface area contributed by atoms with Crippen LogP contribution in [0.5, 0.6) is 0 Å². The van der Waals surface area contributed by atoms with E-state index in [4.69, 9.17) is 0 Å². The van der Waals surface area contributed by atoms with E-state index in [-0.39, 0.29) is 0 Å². The van der Waals surface area contributed by atoms with Crippen LogP contribution in [-0.4, -0.2) is 14.7 Å². The van der Waals surface area contributed by atoms with Crippen molar-refractivity contribution in [1.82, 2.24) is 5.32 Å². The normalized spacial score (nSPS) is 15.7. The van der Waals surface area contributed by atoms with Gasteiger partial charge in [0.05, 0.1) is 35.5 Å². The summed E-state index contributed by atoms with van der Waals surface area (Å²) in [5.41, 5.74) is 3.36. The molecule has 6 nitrogen and oxygen atoms in total. The van der Waals surface area contributed by atoms with E-state index >= 15 is 0 Å². The number of hydrogen-bond acceptors (Lipinski definition) is 5. The first-order valence-electron chi connectivity index (χ1n) is 6.83. The van der Waals surface area contributed by atoms with Crippen molar-refractivity contribution in [2.24, 2.45) is 0 Å². The largest absolute Gasteiger partial charge is 0.361 e. The van der Waals surface area contributed by atoms with E-state index in [1.54, 1.807) is 38.1 Å². The van der Waals surface area contributed by atoms with Gasteiger partial charge < -0.3 is 5.32 Å². The lowest BCUT2D eigenvalue weighted by Crippen LogP contribution is -2.23. The van der Waals surface area contributed by atoms with Crippen molar-refractivity contribution in [3.8, 4) is 12.1 Å². The molecular formula is C16H16N4O2S. The topological polar surface area (TPSA) is 106 Å². The zero-order valence-corrected chi connectivity index (χ0v) is 13.8.